The number of hydrogen-bond donors (Lipinski definition) is 1. The van der Waals surface area contributed by atoms with Crippen molar-refractivity contribution in [2.45, 2.75) is 42.8 Å². The van der Waals surface area contributed by atoms with E-state index in [1.807, 2.05) is 24.8 Å². The van der Waals surface area contributed by atoms with Gasteiger partial charge in [0.05, 0.1) is 10.6 Å². The fourth-order valence-corrected chi connectivity index (χ4v) is 6.13. The van der Waals surface area contributed by atoms with E-state index in [9.17, 15) is 13.2 Å². The van der Waals surface area contributed by atoms with Crippen LogP contribution in [0.5, 0.6) is 0 Å². The Morgan fingerprint density at radius 1 is 1.10 bits per heavy atom. The molecule has 0 heterocycles. The summed E-state index contributed by atoms with van der Waals surface area (Å²) < 4.78 is 27.6. The molecule has 1 saturated carbocycles. The number of thioether (sulfide) groups is 1. The van der Waals surface area contributed by atoms with Crippen LogP contribution in [-0.4, -0.2) is 38.4 Å². The molecular formula is C22H28N2O3S2. The molecule has 0 aliphatic heterocycles. The van der Waals surface area contributed by atoms with Crippen LogP contribution < -0.4 is 9.62 Å². The first-order chi connectivity index (χ1) is 14.0. The molecule has 2 aromatic rings. The van der Waals surface area contributed by atoms with Crippen molar-refractivity contribution in [2.24, 2.45) is 0 Å². The summed E-state index contributed by atoms with van der Waals surface area (Å²) in [5.74, 6) is 0.560. The van der Waals surface area contributed by atoms with Gasteiger partial charge in [0.2, 0.25) is 5.91 Å². The minimum atomic E-state index is -3.84. The molecule has 1 aliphatic carbocycles. The predicted octanol–water partition coefficient (Wildman–Crippen LogP) is 3.98. The molecule has 0 radical (unpaired) electrons. The largest absolute Gasteiger partial charge is 0.354 e. The number of aryl methyl sites for hydroxylation is 1. The lowest BCUT2D eigenvalue weighted by Crippen LogP contribution is -2.41. The summed E-state index contributed by atoms with van der Waals surface area (Å²) in [6, 6.07) is 15.4. The van der Waals surface area contributed by atoms with E-state index in [-0.39, 0.29) is 17.3 Å². The summed E-state index contributed by atoms with van der Waals surface area (Å²) in [7, 11) is -3.84. The van der Waals surface area contributed by atoms with Crippen LogP contribution in [0, 0.1) is 6.92 Å². The maximum absolute atomic E-state index is 13.2. The average molecular weight is 433 g/mol. The van der Waals surface area contributed by atoms with Crippen LogP contribution in [0.4, 0.5) is 5.69 Å². The van der Waals surface area contributed by atoms with E-state index in [0.29, 0.717) is 17.5 Å². The standard InChI is InChI=1S/C22H28N2O3S2/c1-18-8-7-9-19(16-18)24(29(26,27)21-12-3-2-4-13-21)17-22(25)23-14-15-28-20-10-5-6-11-20/h2-4,7-9,12-13,16,20H,5-6,10-11,14-15,17H2,1H3,(H,23,25). The topological polar surface area (TPSA) is 66.5 Å². The zero-order valence-electron chi connectivity index (χ0n) is 16.7. The Morgan fingerprint density at radius 3 is 2.52 bits per heavy atom. The predicted molar refractivity (Wildman–Crippen MR) is 120 cm³/mol. The smallest absolute Gasteiger partial charge is 0.264 e. The van der Waals surface area contributed by atoms with Crippen molar-refractivity contribution in [1.82, 2.24) is 5.32 Å². The van der Waals surface area contributed by atoms with Gasteiger partial charge in [-0.15, -0.1) is 0 Å². The maximum atomic E-state index is 13.2. The second-order valence-corrected chi connectivity index (χ2v) is 10.6. The third kappa shape index (κ3) is 6.00. The number of carbonyl (C=O) groups is 1. The highest BCUT2D eigenvalue weighted by Crippen LogP contribution is 2.29. The summed E-state index contributed by atoms with van der Waals surface area (Å²) in [4.78, 5) is 12.7. The molecule has 0 aromatic heterocycles. The van der Waals surface area contributed by atoms with Gasteiger partial charge in [0, 0.05) is 17.5 Å². The number of carbonyl (C=O) groups excluding carboxylic acids is 1. The van der Waals surface area contributed by atoms with Gasteiger partial charge in [-0.1, -0.05) is 43.2 Å². The highest BCUT2D eigenvalue weighted by atomic mass is 32.2. The first kappa shape index (κ1) is 21.7. The quantitative estimate of drug-likeness (QED) is 0.609. The molecule has 29 heavy (non-hydrogen) atoms. The van der Waals surface area contributed by atoms with Crippen LogP contribution in [0.25, 0.3) is 0 Å². The van der Waals surface area contributed by atoms with Gasteiger partial charge < -0.3 is 5.32 Å². The van der Waals surface area contributed by atoms with E-state index in [4.69, 9.17) is 0 Å². The minimum Gasteiger partial charge on any atom is -0.354 e. The first-order valence-electron chi connectivity index (χ1n) is 9.99. The molecule has 0 saturated heterocycles. The summed E-state index contributed by atoms with van der Waals surface area (Å²) >= 11 is 1.90. The number of benzene rings is 2. The molecule has 0 bridgehead atoms. The fraction of sp³-hybridized carbons (Fsp3) is 0.409. The Morgan fingerprint density at radius 2 is 1.83 bits per heavy atom. The molecular weight excluding hydrogens is 404 g/mol. The zero-order valence-corrected chi connectivity index (χ0v) is 18.3. The number of nitrogens with one attached hydrogen (secondary N) is 1. The van der Waals surface area contributed by atoms with Crippen molar-refractivity contribution >= 4 is 33.4 Å². The number of nitrogens with zero attached hydrogens (tertiary/aromatic N) is 1. The molecule has 1 aliphatic rings. The normalized spacial score (nSPS) is 14.7. The maximum Gasteiger partial charge on any atom is 0.264 e. The van der Waals surface area contributed by atoms with E-state index < -0.39 is 10.0 Å². The Balaban J connectivity index is 1.69. The van der Waals surface area contributed by atoms with E-state index >= 15 is 0 Å². The van der Waals surface area contributed by atoms with Gasteiger partial charge >= 0.3 is 0 Å². The SMILES string of the molecule is Cc1cccc(N(CC(=O)NCCSC2CCCC2)S(=O)(=O)c2ccccc2)c1. The van der Waals surface area contributed by atoms with Crippen molar-refractivity contribution in [3.05, 3.63) is 60.2 Å². The van der Waals surface area contributed by atoms with Crippen LogP contribution in [-0.2, 0) is 14.8 Å². The molecule has 3 rings (SSSR count). The molecule has 2 aromatic carbocycles. The van der Waals surface area contributed by atoms with Crippen molar-refractivity contribution in [2.75, 3.05) is 23.1 Å². The van der Waals surface area contributed by atoms with Gasteiger partial charge in [-0.25, -0.2) is 8.42 Å². The minimum absolute atomic E-state index is 0.172. The number of hydrogen-bond acceptors (Lipinski definition) is 4. The van der Waals surface area contributed by atoms with Crippen LogP contribution >= 0.6 is 11.8 Å². The van der Waals surface area contributed by atoms with Crippen LogP contribution in [0.2, 0.25) is 0 Å². The summed E-state index contributed by atoms with van der Waals surface area (Å²) in [5, 5.41) is 3.58. The lowest BCUT2D eigenvalue weighted by Gasteiger charge is -2.24. The van der Waals surface area contributed by atoms with Gasteiger partial charge in [0.1, 0.15) is 6.54 Å². The number of anilines is 1. The second kappa shape index (κ2) is 10.2. The van der Waals surface area contributed by atoms with Crippen molar-refractivity contribution in [1.29, 1.82) is 0 Å². The van der Waals surface area contributed by atoms with Gasteiger partial charge in [-0.2, -0.15) is 11.8 Å². The summed E-state index contributed by atoms with van der Waals surface area (Å²) in [6.45, 7) is 2.21. The Kier molecular flexibility index (Phi) is 7.61. The van der Waals surface area contributed by atoms with Crippen LogP contribution in [0.3, 0.4) is 0 Å². The molecule has 1 N–H and O–H groups in total. The van der Waals surface area contributed by atoms with Gasteiger partial charge in [-0.05, 0) is 49.6 Å². The molecule has 156 valence electrons. The molecule has 0 spiro atoms. The Hall–Kier alpha value is -1.99. The zero-order chi connectivity index (χ0) is 20.7. The van der Waals surface area contributed by atoms with Gasteiger partial charge in [0.15, 0.2) is 0 Å². The van der Waals surface area contributed by atoms with Crippen LogP contribution in [0.1, 0.15) is 31.2 Å². The number of amides is 1. The third-order valence-corrected chi connectivity index (χ3v) is 8.16. The molecule has 7 heteroatoms. The van der Waals surface area contributed by atoms with Crippen molar-refractivity contribution < 1.29 is 13.2 Å². The van der Waals surface area contributed by atoms with Crippen molar-refractivity contribution in [3.8, 4) is 0 Å². The first-order valence-corrected chi connectivity index (χ1v) is 12.5. The highest BCUT2D eigenvalue weighted by molar-refractivity contribution is 7.99. The van der Waals surface area contributed by atoms with E-state index in [0.717, 1.165) is 11.3 Å². The molecule has 1 fully saturated rings. The number of sulfonamides is 1. The van der Waals surface area contributed by atoms with E-state index in [1.54, 1.807) is 48.5 Å². The Labute approximate surface area is 177 Å². The molecule has 0 unspecified atom stereocenters. The fourth-order valence-electron chi connectivity index (χ4n) is 3.48. The van der Waals surface area contributed by atoms with Crippen LogP contribution in [0.15, 0.2) is 59.5 Å². The average Bonchev–Trinajstić information content (AvgIpc) is 3.23. The monoisotopic (exact) mass is 432 g/mol. The molecule has 1 amide bonds. The van der Waals surface area contributed by atoms with Crippen molar-refractivity contribution in [3.63, 3.8) is 0 Å². The van der Waals surface area contributed by atoms with Gasteiger partial charge in [0.25, 0.3) is 10.0 Å². The lowest BCUT2D eigenvalue weighted by molar-refractivity contribution is -0.119. The molecule has 0 atom stereocenters. The van der Waals surface area contributed by atoms with E-state index in [1.165, 1.54) is 30.0 Å². The lowest BCUT2D eigenvalue weighted by atomic mass is 10.2. The summed E-state index contributed by atoms with van der Waals surface area (Å²) in [5.41, 5.74) is 1.42. The summed E-state index contributed by atoms with van der Waals surface area (Å²) in [6.07, 6.45) is 5.11. The Bertz CT molecular complexity index is 911. The second-order valence-electron chi connectivity index (χ2n) is 7.29. The van der Waals surface area contributed by atoms with Gasteiger partial charge in [-0.3, -0.25) is 9.10 Å². The highest BCUT2D eigenvalue weighted by Gasteiger charge is 2.27. The number of rotatable bonds is 9. The van der Waals surface area contributed by atoms with E-state index in [2.05, 4.69) is 5.32 Å². The third-order valence-electron chi connectivity index (χ3n) is 4.99. The molecule has 5 nitrogen and oxygen atoms in total.